The van der Waals surface area contributed by atoms with Gasteiger partial charge in [0.1, 0.15) is 10.7 Å². The molecule has 5 nitrogen and oxygen atoms in total. The average Bonchev–Trinajstić information content (AvgIpc) is 3.04. The summed E-state index contributed by atoms with van der Waals surface area (Å²) in [4.78, 5) is 37.2. The zero-order valence-corrected chi connectivity index (χ0v) is 19.0. The van der Waals surface area contributed by atoms with Gasteiger partial charge in [-0.05, 0) is 54.9 Å². The van der Waals surface area contributed by atoms with Gasteiger partial charge in [-0.25, -0.2) is 4.98 Å². The van der Waals surface area contributed by atoms with E-state index >= 15 is 0 Å². The van der Waals surface area contributed by atoms with Crippen LogP contribution in [0.1, 0.15) is 69.6 Å². The van der Waals surface area contributed by atoms with Crippen molar-refractivity contribution in [1.29, 1.82) is 0 Å². The molecule has 1 atom stereocenters. The number of H-pyrrole nitrogens is 1. The summed E-state index contributed by atoms with van der Waals surface area (Å²) in [5.41, 5.74) is 1.46. The third-order valence-corrected chi connectivity index (χ3v) is 8.05. The zero-order chi connectivity index (χ0) is 20.8. The summed E-state index contributed by atoms with van der Waals surface area (Å²) in [5.74, 6) is 2.18. The molecular weight excluding hydrogens is 382 g/mol. The highest BCUT2D eigenvalue weighted by Crippen LogP contribution is 2.42. The van der Waals surface area contributed by atoms with Gasteiger partial charge in [-0.2, -0.15) is 0 Å². The number of hydrogen-bond acceptors (Lipinski definition) is 4. The van der Waals surface area contributed by atoms with E-state index in [0.29, 0.717) is 30.5 Å². The van der Waals surface area contributed by atoms with Gasteiger partial charge in [0.25, 0.3) is 5.56 Å². The van der Waals surface area contributed by atoms with Crippen molar-refractivity contribution >= 4 is 27.5 Å². The molecule has 1 amide bonds. The lowest BCUT2D eigenvalue weighted by molar-refractivity contribution is -0.132. The van der Waals surface area contributed by atoms with E-state index in [1.165, 1.54) is 10.4 Å². The fourth-order valence-electron chi connectivity index (χ4n) is 4.73. The Labute approximate surface area is 176 Å². The first-order chi connectivity index (χ1) is 13.7. The van der Waals surface area contributed by atoms with Crippen molar-refractivity contribution in [1.82, 2.24) is 14.9 Å². The first-order valence-corrected chi connectivity index (χ1v) is 11.8. The minimum absolute atomic E-state index is 0.0315. The Hall–Kier alpha value is -1.69. The molecule has 0 radical (unpaired) electrons. The fraction of sp³-hybridized carbons (Fsp3) is 0.696. The molecule has 1 unspecified atom stereocenters. The smallest absolute Gasteiger partial charge is 0.259 e. The standard InChI is InChI=1S/C23H33N3O2S/c1-14-9-11-26(12-10-14)19(27)8-7-18-24-21(28)20-16-6-5-15(23(2,3)4)13-17(16)29-22(20)25-18/h14-15H,5-13H2,1-4H3,(H,24,25,28). The van der Waals surface area contributed by atoms with Gasteiger partial charge in [0.05, 0.1) is 5.39 Å². The molecule has 0 aromatic carbocycles. The van der Waals surface area contributed by atoms with Gasteiger partial charge < -0.3 is 9.88 Å². The Kier molecular flexibility index (Phi) is 5.58. The summed E-state index contributed by atoms with van der Waals surface area (Å²) in [6.45, 7) is 10.9. The topological polar surface area (TPSA) is 66.1 Å². The van der Waals surface area contributed by atoms with Crippen molar-refractivity contribution in [2.75, 3.05) is 13.1 Å². The van der Waals surface area contributed by atoms with Gasteiger partial charge >= 0.3 is 0 Å². The van der Waals surface area contributed by atoms with Gasteiger partial charge in [0.2, 0.25) is 5.91 Å². The number of amides is 1. The zero-order valence-electron chi connectivity index (χ0n) is 18.1. The van der Waals surface area contributed by atoms with Crippen LogP contribution in [0.15, 0.2) is 4.79 Å². The van der Waals surface area contributed by atoms with E-state index in [2.05, 4.69) is 32.7 Å². The third-order valence-electron chi connectivity index (χ3n) is 6.90. The van der Waals surface area contributed by atoms with Crippen LogP contribution in [-0.2, 0) is 24.1 Å². The summed E-state index contributed by atoms with van der Waals surface area (Å²) in [7, 11) is 0. The summed E-state index contributed by atoms with van der Waals surface area (Å²) in [5, 5.41) is 0.789. The molecule has 4 rings (SSSR count). The van der Waals surface area contributed by atoms with E-state index in [1.54, 1.807) is 11.3 Å². The Morgan fingerprint density at radius 3 is 2.66 bits per heavy atom. The number of likely N-dealkylation sites (tertiary alicyclic amines) is 1. The molecule has 3 heterocycles. The van der Waals surface area contributed by atoms with Crippen molar-refractivity contribution in [2.45, 2.75) is 72.6 Å². The van der Waals surface area contributed by atoms with Crippen LogP contribution >= 0.6 is 11.3 Å². The Morgan fingerprint density at radius 1 is 1.24 bits per heavy atom. The van der Waals surface area contributed by atoms with E-state index in [1.807, 2.05) is 4.90 Å². The number of piperidine rings is 1. The molecule has 158 valence electrons. The maximum absolute atomic E-state index is 12.8. The number of aromatic amines is 1. The molecule has 0 spiro atoms. The molecule has 2 aliphatic rings. The Balaban J connectivity index is 1.50. The number of hydrogen-bond donors (Lipinski definition) is 1. The minimum atomic E-state index is -0.0315. The number of carbonyl (C=O) groups excluding carboxylic acids is 1. The van der Waals surface area contributed by atoms with Crippen LogP contribution < -0.4 is 5.56 Å². The second kappa shape index (κ2) is 7.86. The predicted octanol–water partition coefficient (Wildman–Crippen LogP) is 4.33. The number of fused-ring (bicyclic) bond motifs is 3. The summed E-state index contributed by atoms with van der Waals surface area (Å²) < 4.78 is 0. The van der Waals surface area contributed by atoms with Crippen LogP contribution in [0, 0.1) is 17.3 Å². The Bertz CT molecular complexity index is 961. The summed E-state index contributed by atoms with van der Waals surface area (Å²) >= 11 is 1.68. The van der Waals surface area contributed by atoms with E-state index < -0.39 is 0 Å². The summed E-state index contributed by atoms with van der Waals surface area (Å²) in [6, 6.07) is 0. The fourth-order valence-corrected chi connectivity index (χ4v) is 6.05. The highest BCUT2D eigenvalue weighted by molar-refractivity contribution is 7.18. The number of carbonyl (C=O) groups is 1. The molecule has 1 aliphatic heterocycles. The molecule has 1 saturated heterocycles. The molecule has 1 fully saturated rings. The van der Waals surface area contributed by atoms with Crippen LogP contribution in [0.25, 0.3) is 10.2 Å². The van der Waals surface area contributed by atoms with E-state index in [9.17, 15) is 9.59 Å². The van der Waals surface area contributed by atoms with Gasteiger partial charge in [-0.3, -0.25) is 9.59 Å². The lowest BCUT2D eigenvalue weighted by Gasteiger charge is -2.33. The predicted molar refractivity (Wildman–Crippen MR) is 119 cm³/mol. The first kappa shape index (κ1) is 20.6. The van der Waals surface area contributed by atoms with E-state index in [4.69, 9.17) is 4.98 Å². The maximum atomic E-state index is 12.8. The van der Waals surface area contributed by atoms with Crippen LogP contribution in [0.4, 0.5) is 0 Å². The van der Waals surface area contributed by atoms with Crippen LogP contribution in [0.2, 0.25) is 0 Å². The van der Waals surface area contributed by atoms with Gasteiger partial charge in [-0.1, -0.05) is 27.7 Å². The highest BCUT2D eigenvalue weighted by Gasteiger charge is 2.31. The van der Waals surface area contributed by atoms with Crippen LogP contribution in [-0.4, -0.2) is 33.9 Å². The summed E-state index contributed by atoms with van der Waals surface area (Å²) in [6.07, 6.45) is 6.23. The van der Waals surface area contributed by atoms with Crippen molar-refractivity contribution in [3.63, 3.8) is 0 Å². The molecule has 6 heteroatoms. The van der Waals surface area contributed by atoms with Crippen molar-refractivity contribution in [3.8, 4) is 0 Å². The molecule has 2 aromatic rings. The second-order valence-electron chi connectivity index (χ2n) is 10.1. The third kappa shape index (κ3) is 4.27. The van der Waals surface area contributed by atoms with Gasteiger partial charge in [-0.15, -0.1) is 11.3 Å². The maximum Gasteiger partial charge on any atom is 0.259 e. The quantitative estimate of drug-likeness (QED) is 0.811. The number of nitrogens with zero attached hydrogens (tertiary/aromatic N) is 2. The van der Waals surface area contributed by atoms with Crippen LogP contribution in [0.3, 0.4) is 0 Å². The lowest BCUT2D eigenvalue weighted by Crippen LogP contribution is -2.38. The highest BCUT2D eigenvalue weighted by atomic mass is 32.1. The molecule has 0 bridgehead atoms. The average molecular weight is 416 g/mol. The van der Waals surface area contributed by atoms with Crippen molar-refractivity contribution in [2.24, 2.45) is 17.3 Å². The lowest BCUT2D eigenvalue weighted by atomic mass is 9.72. The number of rotatable bonds is 3. The molecule has 2 aromatic heterocycles. The molecular formula is C23H33N3O2S. The van der Waals surface area contributed by atoms with Crippen molar-refractivity contribution < 1.29 is 4.79 Å². The molecule has 1 aliphatic carbocycles. The Morgan fingerprint density at radius 2 is 1.97 bits per heavy atom. The number of thiophene rings is 1. The normalized spacial score (nSPS) is 20.8. The first-order valence-electron chi connectivity index (χ1n) is 11.0. The molecule has 1 N–H and O–H groups in total. The second-order valence-corrected chi connectivity index (χ2v) is 11.1. The van der Waals surface area contributed by atoms with E-state index in [0.717, 1.165) is 55.4 Å². The monoisotopic (exact) mass is 415 g/mol. The van der Waals surface area contributed by atoms with Gasteiger partial charge in [0.15, 0.2) is 0 Å². The number of nitrogens with one attached hydrogen (secondary N) is 1. The van der Waals surface area contributed by atoms with Gasteiger partial charge in [0, 0.05) is 30.8 Å². The largest absolute Gasteiger partial charge is 0.343 e. The minimum Gasteiger partial charge on any atom is -0.343 e. The van der Waals surface area contributed by atoms with E-state index in [-0.39, 0.29) is 16.9 Å². The van der Waals surface area contributed by atoms with Crippen LogP contribution in [0.5, 0.6) is 0 Å². The molecule has 0 saturated carbocycles. The number of aromatic nitrogens is 2. The molecule has 29 heavy (non-hydrogen) atoms. The van der Waals surface area contributed by atoms with Crippen molar-refractivity contribution in [3.05, 3.63) is 26.6 Å². The number of aryl methyl sites for hydroxylation is 2. The SMILES string of the molecule is CC1CCN(C(=O)CCc2nc3sc4c(c3c(=O)[nH]2)CCC(C(C)(C)C)C4)CC1.